The van der Waals surface area contributed by atoms with Crippen molar-refractivity contribution in [2.75, 3.05) is 0 Å². The second-order valence-corrected chi connectivity index (χ2v) is 7.07. The van der Waals surface area contributed by atoms with Crippen molar-refractivity contribution in [3.63, 3.8) is 0 Å². The molecule has 2 rings (SSSR count). The Bertz CT molecular complexity index is 470. The van der Waals surface area contributed by atoms with Gasteiger partial charge in [-0.05, 0) is 43.4 Å². The number of hydrogen-bond donors (Lipinski definition) is 2. The lowest BCUT2D eigenvalue weighted by molar-refractivity contribution is -0.127. The molecule has 1 aromatic carbocycles. The van der Waals surface area contributed by atoms with Gasteiger partial charge in [0.05, 0.1) is 0 Å². The van der Waals surface area contributed by atoms with E-state index in [0.29, 0.717) is 5.92 Å². The molecular weight excluding hydrogens is 316 g/mol. The maximum absolute atomic E-state index is 12.5. The van der Waals surface area contributed by atoms with Crippen LogP contribution in [-0.2, 0) is 10.3 Å². The van der Waals surface area contributed by atoms with Gasteiger partial charge in [0.15, 0.2) is 0 Å². The summed E-state index contributed by atoms with van der Waals surface area (Å²) in [5.41, 5.74) is 6.11. The van der Waals surface area contributed by atoms with Gasteiger partial charge in [0, 0.05) is 10.5 Å². The van der Waals surface area contributed by atoms with E-state index in [-0.39, 0.29) is 11.9 Å². The molecule has 4 heteroatoms. The normalized spacial score (nSPS) is 25.8. The number of nitrogens with two attached hydrogens (primary N) is 1. The molecule has 0 aliphatic heterocycles. The summed E-state index contributed by atoms with van der Waals surface area (Å²) in [6.07, 6.45) is 4.57. The van der Waals surface area contributed by atoms with Crippen LogP contribution >= 0.6 is 15.9 Å². The van der Waals surface area contributed by atoms with Crippen molar-refractivity contribution in [3.05, 3.63) is 34.3 Å². The Hall–Kier alpha value is -0.870. The predicted molar refractivity (Wildman–Crippen MR) is 85.2 cm³/mol. The van der Waals surface area contributed by atoms with Crippen LogP contribution in [0.2, 0.25) is 0 Å². The fraction of sp³-hybridized carbons (Fsp3) is 0.562. The summed E-state index contributed by atoms with van der Waals surface area (Å²) in [5.74, 6) is 0.602. The molecule has 20 heavy (non-hydrogen) atoms. The number of hydrogen-bond acceptors (Lipinski definition) is 2. The Morgan fingerprint density at radius 3 is 2.60 bits per heavy atom. The lowest BCUT2D eigenvalue weighted by Crippen LogP contribution is -2.52. The maximum Gasteiger partial charge on any atom is 0.244 e. The highest BCUT2D eigenvalue weighted by Crippen LogP contribution is 2.25. The molecule has 3 nitrogen and oxygen atoms in total. The zero-order valence-corrected chi connectivity index (χ0v) is 13.7. The van der Waals surface area contributed by atoms with Crippen LogP contribution < -0.4 is 11.1 Å². The van der Waals surface area contributed by atoms with Crippen LogP contribution in [0.15, 0.2) is 28.7 Å². The summed E-state index contributed by atoms with van der Waals surface area (Å²) in [5, 5.41) is 3.13. The monoisotopic (exact) mass is 338 g/mol. The van der Waals surface area contributed by atoms with Crippen molar-refractivity contribution in [2.45, 2.75) is 51.1 Å². The summed E-state index contributed by atoms with van der Waals surface area (Å²) in [6.45, 7) is 4.02. The predicted octanol–water partition coefficient (Wildman–Crippen LogP) is 3.32. The average molecular weight is 339 g/mol. The zero-order chi connectivity index (χ0) is 14.8. The highest BCUT2D eigenvalue weighted by atomic mass is 79.9. The van der Waals surface area contributed by atoms with Crippen LogP contribution in [0, 0.1) is 5.92 Å². The van der Waals surface area contributed by atoms with Crippen LogP contribution in [0.4, 0.5) is 0 Å². The van der Waals surface area contributed by atoms with E-state index in [0.717, 1.165) is 22.9 Å². The van der Waals surface area contributed by atoms with E-state index >= 15 is 0 Å². The molecule has 1 aliphatic rings. The molecule has 110 valence electrons. The standard InChI is InChI=1S/C16H23BrN2O/c1-11-4-3-5-14(10-11)19-15(20)16(2,18)12-6-8-13(17)9-7-12/h6-9,11,14H,3-5,10,18H2,1-2H3,(H,19,20). The second-order valence-electron chi connectivity index (χ2n) is 6.15. The molecule has 0 bridgehead atoms. The summed E-state index contributed by atoms with van der Waals surface area (Å²) < 4.78 is 0.985. The number of amides is 1. The number of carbonyl (C=O) groups excluding carboxylic acids is 1. The maximum atomic E-state index is 12.5. The molecule has 3 unspecified atom stereocenters. The van der Waals surface area contributed by atoms with Crippen molar-refractivity contribution in [1.82, 2.24) is 5.32 Å². The molecule has 0 radical (unpaired) electrons. The summed E-state index contributed by atoms with van der Waals surface area (Å²) in [6, 6.07) is 7.89. The van der Waals surface area contributed by atoms with Crippen molar-refractivity contribution >= 4 is 21.8 Å². The molecule has 1 amide bonds. The van der Waals surface area contributed by atoms with E-state index in [4.69, 9.17) is 5.73 Å². The van der Waals surface area contributed by atoms with Gasteiger partial charge in [-0.1, -0.05) is 47.8 Å². The zero-order valence-electron chi connectivity index (χ0n) is 12.2. The number of carbonyl (C=O) groups is 1. The van der Waals surface area contributed by atoms with Crippen LogP contribution in [-0.4, -0.2) is 11.9 Å². The summed E-state index contributed by atoms with van der Waals surface area (Å²) in [4.78, 5) is 12.5. The molecule has 0 saturated heterocycles. The van der Waals surface area contributed by atoms with Crippen molar-refractivity contribution in [2.24, 2.45) is 11.7 Å². The van der Waals surface area contributed by atoms with E-state index in [9.17, 15) is 4.79 Å². The number of halogens is 1. The minimum Gasteiger partial charge on any atom is -0.351 e. The first-order chi connectivity index (χ1) is 9.39. The minimum absolute atomic E-state index is 0.0843. The van der Waals surface area contributed by atoms with Crippen LogP contribution in [0.5, 0.6) is 0 Å². The van der Waals surface area contributed by atoms with Crippen molar-refractivity contribution < 1.29 is 4.79 Å². The third-order valence-corrected chi connectivity index (χ3v) is 4.72. The SMILES string of the molecule is CC1CCCC(NC(=O)C(C)(N)c2ccc(Br)cc2)C1. The lowest BCUT2D eigenvalue weighted by Gasteiger charge is -2.31. The third kappa shape index (κ3) is 3.61. The van der Waals surface area contributed by atoms with Crippen molar-refractivity contribution in [1.29, 1.82) is 0 Å². The summed E-state index contributed by atoms with van der Waals surface area (Å²) in [7, 11) is 0. The van der Waals surface area contributed by atoms with Crippen LogP contribution in [0.3, 0.4) is 0 Å². The molecule has 1 saturated carbocycles. The molecule has 0 aromatic heterocycles. The minimum atomic E-state index is -0.985. The van der Waals surface area contributed by atoms with Gasteiger partial charge in [-0.3, -0.25) is 4.79 Å². The molecule has 3 N–H and O–H groups in total. The highest BCUT2D eigenvalue weighted by molar-refractivity contribution is 9.10. The van der Waals surface area contributed by atoms with E-state index in [1.807, 2.05) is 24.3 Å². The molecule has 3 atom stereocenters. The van der Waals surface area contributed by atoms with Gasteiger partial charge in [0.1, 0.15) is 5.54 Å². The topological polar surface area (TPSA) is 55.1 Å². The van der Waals surface area contributed by atoms with Crippen LogP contribution in [0.25, 0.3) is 0 Å². The van der Waals surface area contributed by atoms with Gasteiger partial charge in [-0.15, -0.1) is 0 Å². The number of rotatable bonds is 3. The molecule has 1 aliphatic carbocycles. The molecule has 0 spiro atoms. The Labute approximate surface area is 129 Å². The van der Waals surface area contributed by atoms with Crippen molar-refractivity contribution in [3.8, 4) is 0 Å². The van der Waals surface area contributed by atoms with E-state index in [1.165, 1.54) is 12.8 Å². The third-order valence-electron chi connectivity index (χ3n) is 4.19. The highest BCUT2D eigenvalue weighted by Gasteiger charge is 2.32. The van der Waals surface area contributed by atoms with Gasteiger partial charge in [-0.25, -0.2) is 0 Å². The average Bonchev–Trinajstić information content (AvgIpc) is 2.39. The van der Waals surface area contributed by atoms with Gasteiger partial charge >= 0.3 is 0 Å². The Morgan fingerprint density at radius 1 is 1.35 bits per heavy atom. The fourth-order valence-electron chi connectivity index (χ4n) is 2.83. The van der Waals surface area contributed by atoms with Crippen LogP contribution in [0.1, 0.15) is 45.1 Å². The van der Waals surface area contributed by atoms with E-state index in [2.05, 4.69) is 28.2 Å². The van der Waals surface area contributed by atoms with Gasteiger partial charge < -0.3 is 11.1 Å². The summed E-state index contributed by atoms with van der Waals surface area (Å²) >= 11 is 3.39. The first kappa shape index (κ1) is 15.5. The quantitative estimate of drug-likeness (QED) is 0.888. The smallest absolute Gasteiger partial charge is 0.244 e. The number of benzene rings is 1. The molecule has 1 fully saturated rings. The second kappa shape index (κ2) is 6.27. The van der Waals surface area contributed by atoms with Gasteiger partial charge in [0.25, 0.3) is 0 Å². The lowest BCUT2D eigenvalue weighted by atomic mass is 9.86. The number of nitrogens with one attached hydrogen (secondary N) is 1. The fourth-order valence-corrected chi connectivity index (χ4v) is 3.09. The first-order valence-electron chi connectivity index (χ1n) is 7.25. The molecule has 1 aromatic rings. The molecule has 0 heterocycles. The van der Waals surface area contributed by atoms with Gasteiger partial charge in [0.2, 0.25) is 5.91 Å². The largest absolute Gasteiger partial charge is 0.351 e. The van der Waals surface area contributed by atoms with E-state index in [1.54, 1.807) is 6.92 Å². The van der Waals surface area contributed by atoms with E-state index < -0.39 is 5.54 Å². The Kier molecular flexibility index (Phi) is 4.86. The molecular formula is C16H23BrN2O. The Balaban J connectivity index is 2.04. The first-order valence-corrected chi connectivity index (χ1v) is 8.05. The Morgan fingerprint density at radius 2 is 2.00 bits per heavy atom. The van der Waals surface area contributed by atoms with Gasteiger partial charge in [-0.2, -0.15) is 0 Å².